The molecule has 1 atom stereocenters. The van der Waals surface area contributed by atoms with E-state index in [2.05, 4.69) is 5.32 Å². The van der Waals surface area contributed by atoms with Gasteiger partial charge in [-0.3, -0.25) is 9.59 Å². The predicted molar refractivity (Wildman–Crippen MR) is 88.4 cm³/mol. The maximum Gasteiger partial charge on any atom is 0.261 e. The van der Waals surface area contributed by atoms with Crippen LogP contribution in [0, 0.1) is 5.82 Å². The van der Waals surface area contributed by atoms with Crippen molar-refractivity contribution in [2.75, 3.05) is 5.32 Å². The number of carbonyl (C=O) groups is 2. The molecule has 0 unspecified atom stereocenters. The Morgan fingerprint density at radius 2 is 1.88 bits per heavy atom. The molecule has 0 aromatic heterocycles. The third-order valence-electron chi connectivity index (χ3n) is 4.37. The number of amides is 1. The normalized spacial score (nSPS) is 19.3. The van der Waals surface area contributed by atoms with Crippen molar-refractivity contribution in [3.05, 3.63) is 65.0 Å². The number of halogens is 1. The summed E-state index contributed by atoms with van der Waals surface area (Å²) in [6.07, 6.45) is -0.434. The smallest absolute Gasteiger partial charge is 0.261 e. The summed E-state index contributed by atoms with van der Waals surface area (Å²) in [6, 6.07) is 10.7. The third-order valence-corrected chi connectivity index (χ3v) is 4.37. The molecule has 0 saturated carbocycles. The monoisotopic (exact) mass is 327 g/mol. The van der Waals surface area contributed by atoms with Crippen molar-refractivity contribution in [3.63, 3.8) is 0 Å². The molecule has 3 rings (SSSR count). The quantitative estimate of drug-likeness (QED) is 0.846. The van der Waals surface area contributed by atoms with Gasteiger partial charge in [0.15, 0.2) is 11.4 Å². The molecular formula is C19H18FNO3. The number of fused-ring (bicyclic) bond motifs is 1. The van der Waals surface area contributed by atoms with Gasteiger partial charge in [-0.1, -0.05) is 38.1 Å². The van der Waals surface area contributed by atoms with Crippen LogP contribution < -0.4 is 5.32 Å². The molecule has 0 fully saturated rings. The molecule has 0 radical (unpaired) electrons. The summed E-state index contributed by atoms with van der Waals surface area (Å²) >= 11 is 0. The fourth-order valence-electron chi connectivity index (χ4n) is 2.88. The summed E-state index contributed by atoms with van der Waals surface area (Å²) in [5.41, 5.74) is -0.126. The number of rotatable bonds is 4. The van der Waals surface area contributed by atoms with Crippen LogP contribution in [0.15, 0.2) is 42.5 Å². The van der Waals surface area contributed by atoms with Gasteiger partial charge in [0.05, 0.1) is 6.42 Å². The maximum absolute atomic E-state index is 13.5. The molecular weight excluding hydrogens is 309 g/mol. The lowest BCUT2D eigenvalue weighted by atomic mass is 9.87. The molecule has 124 valence electrons. The van der Waals surface area contributed by atoms with Gasteiger partial charge < -0.3 is 10.4 Å². The highest BCUT2D eigenvalue weighted by Gasteiger charge is 2.47. The number of hydrogen-bond acceptors (Lipinski definition) is 3. The highest BCUT2D eigenvalue weighted by Crippen LogP contribution is 2.39. The second-order valence-electron chi connectivity index (χ2n) is 6.38. The number of anilines is 1. The average Bonchev–Trinajstić information content (AvgIpc) is 2.78. The van der Waals surface area contributed by atoms with Crippen LogP contribution >= 0.6 is 0 Å². The topological polar surface area (TPSA) is 66.4 Å². The fraction of sp³-hybridized carbons (Fsp3) is 0.263. The van der Waals surface area contributed by atoms with Gasteiger partial charge in [-0.05, 0) is 29.7 Å². The van der Waals surface area contributed by atoms with Crippen molar-refractivity contribution in [1.29, 1.82) is 0 Å². The molecule has 0 aliphatic carbocycles. The zero-order valence-corrected chi connectivity index (χ0v) is 13.5. The number of aliphatic hydroxyl groups is 1. The van der Waals surface area contributed by atoms with Gasteiger partial charge in [-0.25, -0.2) is 4.39 Å². The van der Waals surface area contributed by atoms with E-state index in [0.29, 0.717) is 17.2 Å². The minimum Gasteiger partial charge on any atom is -0.375 e. The van der Waals surface area contributed by atoms with Gasteiger partial charge in [0, 0.05) is 16.8 Å². The van der Waals surface area contributed by atoms with Crippen molar-refractivity contribution in [1.82, 2.24) is 0 Å². The lowest BCUT2D eigenvalue weighted by Crippen LogP contribution is -2.36. The highest BCUT2D eigenvalue weighted by atomic mass is 19.1. The second kappa shape index (κ2) is 5.83. The van der Waals surface area contributed by atoms with E-state index in [0.717, 1.165) is 11.6 Å². The Labute approximate surface area is 139 Å². The van der Waals surface area contributed by atoms with Gasteiger partial charge in [-0.2, -0.15) is 0 Å². The number of nitrogens with one attached hydrogen (secondary N) is 1. The first-order valence-corrected chi connectivity index (χ1v) is 7.78. The molecule has 0 saturated heterocycles. The highest BCUT2D eigenvalue weighted by molar-refractivity contribution is 6.09. The van der Waals surface area contributed by atoms with E-state index < -0.39 is 23.7 Å². The standard InChI is InChI=1S/C19H18FNO3/c1-11(2)12-3-5-13(6-4-12)17(22)10-19(24)15-9-14(20)7-8-16(15)21-18(19)23/h3-9,11,24H,10H2,1-2H3,(H,21,23)/t19-/m1/s1. The molecule has 1 aliphatic heterocycles. The first kappa shape index (κ1) is 16.3. The minimum atomic E-state index is -2.05. The summed E-state index contributed by atoms with van der Waals surface area (Å²) in [5, 5.41) is 13.2. The van der Waals surface area contributed by atoms with Crippen molar-refractivity contribution in [2.24, 2.45) is 0 Å². The van der Waals surface area contributed by atoms with E-state index in [1.54, 1.807) is 12.1 Å². The SMILES string of the molecule is CC(C)c1ccc(C(=O)C[C@]2(O)C(=O)Nc3ccc(F)cc32)cc1. The van der Waals surface area contributed by atoms with Gasteiger partial charge in [-0.15, -0.1) is 0 Å². The third kappa shape index (κ3) is 2.71. The molecule has 4 nitrogen and oxygen atoms in total. The molecule has 0 bridgehead atoms. The molecule has 2 aromatic rings. The summed E-state index contributed by atoms with van der Waals surface area (Å²) in [5.74, 6) is -1.32. The largest absolute Gasteiger partial charge is 0.375 e. The Kier molecular flexibility index (Phi) is 3.97. The van der Waals surface area contributed by atoms with Crippen LogP contribution in [0.2, 0.25) is 0 Å². The fourth-order valence-corrected chi connectivity index (χ4v) is 2.88. The molecule has 0 spiro atoms. The zero-order chi connectivity index (χ0) is 17.5. The first-order chi connectivity index (χ1) is 11.3. The Hall–Kier alpha value is -2.53. The summed E-state index contributed by atoms with van der Waals surface area (Å²) in [7, 11) is 0. The lowest BCUT2D eigenvalue weighted by Gasteiger charge is -2.20. The molecule has 2 N–H and O–H groups in total. The van der Waals surface area contributed by atoms with Crippen molar-refractivity contribution >= 4 is 17.4 Å². The van der Waals surface area contributed by atoms with Crippen molar-refractivity contribution < 1.29 is 19.1 Å². The molecule has 1 aliphatic rings. The Balaban J connectivity index is 1.89. The van der Waals surface area contributed by atoms with E-state index in [1.807, 2.05) is 26.0 Å². The van der Waals surface area contributed by atoms with Crippen molar-refractivity contribution in [3.8, 4) is 0 Å². The van der Waals surface area contributed by atoms with Crippen LogP contribution in [0.25, 0.3) is 0 Å². The Bertz CT molecular complexity index is 814. The lowest BCUT2D eigenvalue weighted by molar-refractivity contribution is -0.133. The second-order valence-corrected chi connectivity index (χ2v) is 6.38. The molecule has 1 amide bonds. The summed E-state index contributed by atoms with van der Waals surface area (Å²) in [6.45, 7) is 4.10. The molecule has 24 heavy (non-hydrogen) atoms. The van der Waals surface area contributed by atoms with Crippen LogP contribution in [0.4, 0.5) is 10.1 Å². The van der Waals surface area contributed by atoms with E-state index in [-0.39, 0.29) is 11.3 Å². The summed E-state index contributed by atoms with van der Waals surface area (Å²) in [4.78, 5) is 24.6. The predicted octanol–water partition coefficient (Wildman–Crippen LogP) is 3.36. The number of hydrogen-bond donors (Lipinski definition) is 2. The number of benzene rings is 2. The average molecular weight is 327 g/mol. The van der Waals surface area contributed by atoms with Crippen LogP contribution in [-0.2, 0) is 10.4 Å². The van der Waals surface area contributed by atoms with Crippen LogP contribution in [0.3, 0.4) is 0 Å². The summed E-state index contributed by atoms with van der Waals surface area (Å²) < 4.78 is 13.5. The maximum atomic E-state index is 13.5. The van der Waals surface area contributed by atoms with Gasteiger partial charge in [0.25, 0.3) is 5.91 Å². The molecule has 1 heterocycles. The minimum absolute atomic E-state index is 0.0969. The van der Waals surface area contributed by atoms with E-state index in [4.69, 9.17) is 0 Å². The molecule has 5 heteroatoms. The number of Topliss-reactive ketones (excluding diaryl/α,β-unsaturated/α-hetero) is 1. The van der Waals surface area contributed by atoms with Crippen LogP contribution in [0.1, 0.15) is 47.7 Å². The van der Waals surface area contributed by atoms with E-state index >= 15 is 0 Å². The molecule has 2 aromatic carbocycles. The number of carbonyl (C=O) groups excluding carboxylic acids is 2. The van der Waals surface area contributed by atoms with Gasteiger partial charge in [0.1, 0.15) is 5.82 Å². The first-order valence-electron chi connectivity index (χ1n) is 7.78. The Morgan fingerprint density at radius 3 is 2.50 bits per heavy atom. The van der Waals surface area contributed by atoms with Crippen LogP contribution in [0.5, 0.6) is 0 Å². The van der Waals surface area contributed by atoms with Crippen molar-refractivity contribution in [2.45, 2.75) is 31.8 Å². The van der Waals surface area contributed by atoms with E-state index in [9.17, 15) is 19.1 Å². The zero-order valence-electron chi connectivity index (χ0n) is 13.5. The van der Waals surface area contributed by atoms with Gasteiger partial charge >= 0.3 is 0 Å². The number of ketones is 1. The Morgan fingerprint density at radius 1 is 1.21 bits per heavy atom. The van der Waals surface area contributed by atoms with Crippen LogP contribution in [-0.4, -0.2) is 16.8 Å². The van der Waals surface area contributed by atoms with Gasteiger partial charge in [0.2, 0.25) is 0 Å². The van der Waals surface area contributed by atoms with E-state index in [1.165, 1.54) is 12.1 Å².